The van der Waals surface area contributed by atoms with Gasteiger partial charge < -0.3 is 10.4 Å². The third-order valence-corrected chi connectivity index (χ3v) is 4.09. The maximum absolute atomic E-state index is 13.7. The van der Waals surface area contributed by atoms with Crippen LogP contribution in [0.25, 0.3) is 0 Å². The summed E-state index contributed by atoms with van der Waals surface area (Å²) >= 11 is 2.92. The number of nitrogens with one attached hydrogen (secondary N) is 1. The van der Waals surface area contributed by atoms with E-state index in [-0.39, 0.29) is 11.0 Å². The number of amides is 1. The number of halogens is 3. The molecule has 0 atom stereocenters. The fraction of sp³-hybridized carbons (Fsp3) is 0.429. The molecule has 0 aliphatic heterocycles. The van der Waals surface area contributed by atoms with Gasteiger partial charge >= 0.3 is 5.97 Å². The van der Waals surface area contributed by atoms with E-state index < -0.39 is 34.5 Å². The minimum Gasteiger partial charge on any atom is -0.481 e. The molecule has 21 heavy (non-hydrogen) atoms. The molecule has 2 N–H and O–H groups in total. The lowest BCUT2D eigenvalue weighted by Crippen LogP contribution is -2.42. The largest absolute Gasteiger partial charge is 0.481 e. The summed E-state index contributed by atoms with van der Waals surface area (Å²) in [4.78, 5) is 23.2. The first-order valence-corrected chi connectivity index (χ1v) is 7.22. The third kappa shape index (κ3) is 3.78. The lowest BCUT2D eigenvalue weighted by Gasteiger charge is -2.26. The Hall–Kier alpha value is -1.50. The molecule has 0 aliphatic rings. The quantitative estimate of drug-likeness (QED) is 0.814. The smallest absolute Gasteiger partial charge is 0.311 e. The van der Waals surface area contributed by atoms with E-state index in [1.165, 1.54) is 0 Å². The molecule has 0 saturated heterocycles. The maximum atomic E-state index is 13.7. The highest BCUT2D eigenvalue weighted by atomic mass is 79.9. The second-order valence-corrected chi connectivity index (χ2v) is 5.64. The van der Waals surface area contributed by atoms with Crippen molar-refractivity contribution in [1.29, 1.82) is 0 Å². The van der Waals surface area contributed by atoms with Gasteiger partial charge in [0.2, 0.25) is 0 Å². The Kier molecular flexibility index (Phi) is 5.83. The van der Waals surface area contributed by atoms with Gasteiger partial charge in [0.05, 0.1) is 5.41 Å². The molecule has 0 bridgehead atoms. The molecular weight excluding hydrogens is 348 g/mol. The normalized spacial score (nSPS) is 11.3. The van der Waals surface area contributed by atoms with Crippen LogP contribution in [0.3, 0.4) is 0 Å². The van der Waals surface area contributed by atoms with E-state index in [1.54, 1.807) is 13.8 Å². The molecule has 0 aliphatic carbocycles. The van der Waals surface area contributed by atoms with Crippen LogP contribution in [0.1, 0.15) is 37.0 Å². The van der Waals surface area contributed by atoms with Crippen LogP contribution in [0.2, 0.25) is 0 Å². The number of hydrogen-bond donors (Lipinski definition) is 2. The van der Waals surface area contributed by atoms with Gasteiger partial charge in [-0.05, 0) is 25.0 Å². The summed E-state index contributed by atoms with van der Waals surface area (Å²) in [6.07, 6.45) is 0.592. The van der Waals surface area contributed by atoms with Crippen LogP contribution in [-0.4, -0.2) is 23.5 Å². The van der Waals surface area contributed by atoms with E-state index in [9.17, 15) is 23.5 Å². The molecule has 0 spiro atoms. The van der Waals surface area contributed by atoms with E-state index in [2.05, 4.69) is 21.2 Å². The molecular formula is C14H16BrF2NO3. The second-order valence-electron chi connectivity index (χ2n) is 4.72. The standard InChI is InChI=1S/C14H16BrF2NO3/c1-3-14(4-2,13(20)21)7-18-12(19)11-9(16)5-8(15)6-10(11)17/h5-6H,3-4,7H2,1-2H3,(H,18,19)(H,20,21). The average Bonchev–Trinajstić information content (AvgIpc) is 2.38. The van der Waals surface area contributed by atoms with E-state index in [0.29, 0.717) is 12.8 Å². The molecule has 7 heteroatoms. The van der Waals surface area contributed by atoms with E-state index in [4.69, 9.17) is 0 Å². The van der Waals surface area contributed by atoms with Crippen molar-refractivity contribution in [3.05, 3.63) is 33.8 Å². The fourth-order valence-electron chi connectivity index (χ4n) is 1.98. The summed E-state index contributed by atoms with van der Waals surface area (Å²) in [7, 11) is 0. The minimum absolute atomic E-state index is 0.177. The summed E-state index contributed by atoms with van der Waals surface area (Å²) in [5, 5.41) is 11.6. The third-order valence-electron chi connectivity index (χ3n) is 3.63. The number of hydrogen-bond acceptors (Lipinski definition) is 2. The van der Waals surface area contributed by atoms with Crippen LogP contribution in [-0.2, 0) is 4.79 Å². The highest BCUT2D eigenvalue weighted by molar-refractivity contribution is 9.10. The van der Waals surface area contributed by atoms with Crippen LogP contribution in [0, 0.1) is 17.0 Å². The summed E-state index contributed by atoms with van der Waals surface area (Å²) < 4.78 is 27.5. The lowest BCUT2D eigenvalue weighted by atomic mass is 9.82. The first-order valence-electron chi connectivity index (χ1n) is 6.43. The number of benzene rings is 1. The molecule has 4 nitrogen and oxygen atoms in total. The Morgan fingerprint density at radius 1 is 1.24 bits per heavy atom. The highest BCUT2D eigenvalue weighted by Crippen LogP contribution is 2.26. The predicted octanol–water partition coefficient (Wildman–Crippen LogP) is 3.35. The van der Waals surface area contributed by atoms with Crippen molar-refractivity contribution < 1.29 is 23.5 Å². The van der Waals surface area contributed by atoms with Gasteiger partial charge in [0, 0.05) is 11.0 Å². The fourth-order valence-corrected chi connectivity index (χ4v) is 2.38. The Bertz CT molecular complexity index is 536. The van der Waals surface area contributed by atoms with Crippen molar-refractivity contribution in [3.63, 3.8) is 0 Å². The Morgan fingerprint density at radius 2 is 1.71 bits per heavy atom. The van der Waals surface area contributed by atoms with Crippen LogP contribution in [0.15, 0.2) is 16.6 Å². The van der Waals surface area contributed by atoms with Gasteiger partial charge in [-0.1, -0.05) is 29.8 Å². The Balaban J connectivity index is 2.95. The van der Waals surface area contributed by atoms with Crippen molar-refractivity contribution in [1.82, 2.24) is 5.32 Å². The molecule has 0 saturated carbocycles. The van der Waals surface area contributed by atoms with Gasteiger partial charge in [-0.2, -0.15) is 0 Å². The number of rotatable bonds is 6. The van der Waals surface area contributed by atoms with Gasteiger partial charge in [0.1, 0.15) is 17.2 Å². The number of aliphatic carboxylic acids is 1. The topological polar surface area (TPSA) is 66.4 Å². The summed E-state index contributed by atoms with van der Waals surface area (Å²) in [5.41, 5.74) is -1.86. The van der Waals surface area contributed by atoms with Crippen LogP contribution in [0.5, 0.6) is 0 Å². The zero-order valence-corrected chi connectivity index (χ0v) is 13.3. The lowest BCUT2D eigenvalue weighted by molar-refractivity contribution is -0.149. The minimum atomic E-state index is -1.14. The van der Waals surface area contributed by atoms with Crippen molar-refractivity contribution in [2.24, 2.45) is 5.41 Å². The zero-order valence-electron chi connectivity index (χ0n) is 11.7. The molecule has 0 aromatic heterocycles. The predicted molar refractivity (Wildman–Crippen MR) is 77.0 cm³/mol. The number of carboxylic acids is 1. The van der Waals surface area contributed by atoms with Gasteiger partial charge in [-0.15, -0.1) is 0 Å². The summed E-state index contributed by atoms with van der Waals surface area (Å²) in [6.45, 7) is 3.18. The van der Waals surface area contributed by atoms with Crippen molar-refractivity contribution in [2.75, 3.05) is 6.54 Å². The number of carboxylic acid groups (broad SMARTS) is 1. The van der Waals surface area contributed by atoms with Crippen LogP contribution in [0.4, 0.5) is 8.78 Å². The van der Waals surface area contributed by atoms with Crippen LogP contribution < -0.4 is 5.32 Å². The summed E-state index contributed by atoms with van der Waals surface area (Å²) in [5.74, 6) is -4.03. The van der Waals surface area contributed by atoms with E-state index >= 15 is 0 Å². The molecule has 1 rings (SSSR count). The first kappa shape index (κ1) is 17.6. The average molecular weight is 364 g/mol. The molecule has 0 fully saturated rings. The molecule has 0 heterocycles. The second kappa shape index (κ2) is 6.98. The monoisotopic (exact) mass is 363 g/mol. The Labute approximate surface area is 129 Å². The van der Waals surface area contributed by atoms with Crippen molar-refractivity contribution in [3.8, 4) is 0 Å². The van der Waals surface area contributed by atoms with Crippen molar-refractivity contribution >= 4 is 27.8 Å². The highest BCUT2D eigenvalue weighted by Gasteiger charge is 2.35. The first-order chi connectivity index (χ1) is 9.77. The maximum Gasteiger partial charge on any atom is 0.311 e. The number of carbonyl (C=O) groups excluding carboxylic acids is 1. The molecule has 0 unspecified atom stereocenters. The summed E-state index contributed by atoms with van der Waals surface area (Å²) in [6, 6.07) is 1.95. The van der Waals surface area contributed by atoms with E-state index in [0.717, 1.165) is 12.1 Å². The van der Waals surface area contributed by atoms with Gasteiger partial charge in [0.15, 0.2) is 0 Å². The van der Waals surface area contributed by atoms with Crippen molar-refractivity contribution in [2.45, 2.75) is 26.7 Å². The molecule has 116 valence electrons. The number of carbonyl (C=O) groups is 2. The zero-order chi connectivity index (χ0) is 16.2. The SMILES string of the molecule is CCC(CC)(CNC(=O)c1c(F)cc(Br)cc1F)C(=O)O. The van der Waals surface area contributed by atoms with E-state index in [1.807, 2.05) is 0 Å². The Morgan fingerprint density at radius 3 is 2.10 bits per heavy atom. The molecule has 1 aromatic carbocycles. The van der Waals surface area contributed by atoms with Gasteiger partial charge in [0.25, 0.3) is 5.91 Å². The molecule has 1 aromatic rings. The molecule has 0 radical (unpaired) electrons. The van der Waals surface area contributed by atoms with Gasteiger partial charge in [-0.3, -0.25) is 9.59 Å². The molecule has 1 amide bonds. The van der Waals surface area contributed by atoms with Crippen LogP contribution >= 0.6 is 15.9 Å². The van der Waals surface area contributed by atoms with Gasteiger partial charge in [-0.25, -0.2) is 8.78 Å².